The maximum Gasteiger partial charge on any atom is 0.238 e. The molecule has 2 amide bonds. The zero-order valence-electron chi connectivity index (χ0n) is 19.9. The van der Waals surface area contributed by atoms with Gasteiger partial charge in [0.1, 0.15) is 0 Å². The van der Waals surface area contributed by atoms with Crippen LogP contribution in [-0.4, -0.2) is 36.3 Å². The summed E-state index contributed by atoms with van der Waals surface area (Å²) in [7, 11) is 0. The third kappa shape index (κ3) is 7.02. The number of rotatable bonds is 9. The number of carbonyl (C=O) groups is 2. The van der Waals surface area contributed by atoms with Crippen molar-refractivity contribution in [3.8, 4) is 0 Å². The normalized spacial score (nSPS) is 10.8. The monoisotopic (exact) mass is 443 g/mol. The van der Waals surface area contributed by atoms with Gasteiger partial charge in [0.2, 0.25) is 11.8 Å². The molecule has 0 heterocycles. The molecule has 172 valence electrons. The lowest BCUT2D eigenvalue weighted by Crippen LogP contribution is -2.40. The first-order chi connectivity index (χ1) is 15.8. The van der Waals surface area contributed by atoms with Crippen LogP contribution in [0.3, 0.4) is 0 Å². The van der Waals surface area contributed by atoms with Crippen molar-refractivity contribution in [3.63, 3.8) is 0 Å². The van der Waals surface area contributed by atoms with Gasteiger partial charge >= 0.3 is 0 Å². The van der Waals surface area contributed by atoms with E-state index in [2.05, 4.69) is 22.8 Å². The summed E-state index contributed by atoms with van der Waals surface area (Å²) < 4.78 is 0. The van der Waals surface area contributed by atoms with Crippen LogP contribution < -0.4 is 10.6 Å². The van der Waals surface area contributed by atoms with Gasteiger partial charge in [0.25, 0.3) is 0 Å². The Labute approximate surface area is 196 Å². The summed E-state index contributed by atoms with van der Waals surface area (Å²) in [5, 5.41) is 6.07. The Morgan fingerprint density at radius 3 is 1.48 bits per heavy atom. The van der Waals surface area contributed by atoms with E-state index in [1.165, 1.54) is 5.56 Å². The first-order valence-electron chi connectivity index (χ1n) is 11.3. The number of aryl methyl sites for hydroxylation is 4. The van der Waals surface area contributed by atoms with Gasteiger partial charge in [-0.25, -0.2) is 0 Å². The van der Waals surface area contributed by atoms with Gasteiger partial charge in [-0.1, -0.05) is 66.7 Å². The van der Waals surface area contributed by atoms with Gasteiger partial charge in [-0.2, -0.15) is 0 Å². The van der Waals surface area contributed by atoms with E-state index in [0.717, 1.165) is 40.0 Å². The smallest absolute Gasteiger partial charge is 0.238 e. The molecule has 0 aliphatic heterocycles. The molecular formula is C28H33N3O2. The van der Waals surface area contributed by atoms with Crippen molar-refractivity contribution in [2.75, 3.05) is 30.3 Å². The Morgan fingerprint density at radius 2 is 1.06 bits per heavy atom. The molecule has 0 saturated heterocycles. The van der Waals surface area contributed by atoms with Gasteiger partial charge in [0, 0.05) is 17.9 Å². The molecule has 3 rings (SSSR count). The number of hydrogen-bond donors (Lipinski definition) is 2. The van der Waals surface area contributed by atoms with Gasteiger partial charge < -0.3 is 10.6 Å². The van der Waals surface area contributed by atoms with Crippen molar-refractivity contribution in [2.24, 2.45) is 0 Å². The Hall–Kier alpha value is -3.44. The molecule has 5 heteroatoms. The lowest BCUT2D eigenvalue weighted by atomic mass is 10.1. The van der Waals surface area contributed by atoms with Crippen LogP contribution in [0.4, 0.5) is 11.4 Å². The molecular weight excluding hydrogens is 410 g/mol. The number of para-hydroxylation sites is 2. The van der Waals surface area contributed by atoms with Gasteiger partial charge in [-0.05, 0) is 61.9 Å². The van der Waals surface area contributed by atoms with Crippen LogP contribution in [0.1, 0.15) is 27.8 Å². The van der Waals surface area contributed by atoms with Crippen molar-refractivity contribution in [1.82, 2.24) is 4.90 Å². The van der Waals surface area contributed by atoms with Gasteiger partial charge in [-0.3, -0.25) is 14.5 Å². The van der Waals surface area contributed by atoms with E-state index in [1.54, 1.807) is 0 Å². The number of amides is 2. The fourth-order valence-corrected chi connectivity index (χ4v) is 3.93. The maximum absolute atomic E-state index is 12.9. The highest BCUT2D eigenvalue weighted by Crippen LogP contribution is 2.20. The molecule has 3 aromatic rings. The molecule has 0 spiro atoms. The van der Waals surface area contributed by atoms with Crippen LogP contribution in [0.5, 0.6) is 0 Å². The predicted molar refractivity (Wildman–Crippen MR) is 136 cm³/mol. The zero-order valence-corrected chi connectivity index (χ0v) is 19.9. The van der Waals surface area contributed by atoms with E-state index in [4.69, 9.17) is 0 Å². The number of benzene rings is 3. The van der Waals surface area contributed by atoms with Crippen LogP contribution in [0.2, 0.25) is 0 Å². The fourth-order valence-electron chi connectivity index (χ4n) is 3.93. The second-order valence-corrected chi connectivity index (χ2v) is 8.58. The topological polar surface area (TPSA) is 61.4 Å². The molecule has 0 unspecified atom stereocenters. The summed E-state index contributed by atoms with van der Waals surface area (Å²) >= 11 is 0. The minimum atomic E-state index is -0.125. The molecule has 0 radical (unpaired) electrons. The van der Waals surface area contributed by atoms with E-state index in [0.29, 0.717) is 6.54 Å². The van der Waals surface area contributed by atoms with Crippen LogP contribution >= 0.6 is 0 Å². The van der Waals surface area contributed by atoms with E-state index >= 15 is 0 Å². The van der Waals surface area contributed by atoms with Crippen molar-refractivity contribution >= 4 is 23.2 Å². The molecule has 3 aromatic carbocycles. The average molecular weight is 444 g/mol. The third-order valence-electron chi connectivity index (χ3n) is 5.79. The Bertz CT molecular complexity index is 1000. The lowest BCUT2D eigenvalue weighted by molar-refractivity contribution is -0.120. The molecule has 0 bridgehead atoms. The van der Waals surface area contributed by atoms with E-state index in [-0.39, 0.29) is 24.9 Å². The molecule has 0 aliphatic carbocycles. The minimum absolute atomic E-state index is 0.125. The van der Waals surface area contributed by atoms with E-state index in [1.807, 2.05) is 87.2 Å². The molecule has 33 heavy (non-hydrogen) atoms. The second kappa shape index (κ2) is 11.4. The Morgan fingerprint density at radius 1 is 0.636 bits per heavy atom. The minimum Gasteiger partial charge on any atom is -0.324 e. The maximum atomic E-state index is 12.9. The second-order valence-electron chi connectivity index (χ2n) is 8.58. The van der Waals surface area contributed by atoms with E-state index in [9.17, 15) is 9.59 Å². The van der Waals surface area contributed by atoms with Crippen molar-refractivity contribution in [3.05, 3.63) is 94.5 Å². The van der Waals surface area contributed by atoms with Crippen LogP contribution in [0.25, 0.3) is 0 Å². The Balaban J connectivity index is 1.69. The largest absolute Gasteiger partial charge is 0.324 e. The lowest BCUT2D eigenvalue weighted by Gasteiger charge is -2.22. The van der Waals surface area contributed by atoms with Crippen molar-refractivity contribution in [1.29, 1.82) is 0 Å². The van der Waals surface area contributed by atoms with Crippen LogP contribution in [-0.2, 0) is 16.0 Å². The summed E-state index contributed by atoms with van der Waals surface area (Å²) in [4.78, 5) is 27.7. The summed E-state index contributed by atoms with van der Waals surface area (Å²) in [6.07, 6.45) is 0.758. The van der Waals surface area contributed by atoms with Crippen LogP contribution in [0.15, 0.2) is 66.7 Å². The highest BCUT2D eigenvalue weighted by Gasteiger charge is 2.17. The molecule has 5 nitrogen and oxygen atoms in total. The summed E-state index contributed by atoms with van der Waals surface area (Å²) in [5.74, 6) is -0.249. The molecule has 2 N–H and O–H groups in total. The number of hydrogen-bond acceptors (Lipinski definition) is 3. The van der Waals surface area contributed by atoms with Gasteiger partial charge in [0.15, 0.2) is 0 Å². The van der Waals surface area contributed by atoms with Crippen LogP contribution in [0, 0.1) is 27.7 Å². The highest BCUT2D eigenvalue weighted by molar-refractivity contribution is 5.96. The highest BCUT2D eigenvalue weighted by atomic mass is 16.2. The fraction of sp³-hybridized carbons (Fsp3) is 0.286. The first-order valence-corrected chi connectivity index (χ1v) is 11.3. The Kier molecular flexibility index (Phi) is 8.39. The average Bonchev–Trinajstić information content (AvgIpc) is 2.78. The van der Waals surface area contributed by atoms with Gasteiger partial charge in [0.05, 0.1) is 13.1 Å². The number of anilines is 2. The van der Waals surface area contributed by atoms with Crippen molar-refractivity contribution in [2.45, 2.75) is 34.1 Å². The summed E-state index contributed by atoms with van der Waals surface area (Å²) in [6, 6.07) is 22.0. The number of carbonyl (C=O) groups excluding carboxylic acids is 2. The molecule has 0 fully saturated rings. The van der Waals surface area contributed by atoms with E-state index < -0.39 is 0 Å². The zero-order chi connectivity index (χ0) is 23.8. The van der Waals surface area contributed by atoms with Crippen molar-refractivity contribution < 1.29 is 9.59 Å². The molecule has 0 aliphatic rings. The first kappa shape index (κ1) is 24.2. The standard InChI is InChI=1S/C28H33N3O2/c1-20-10-8-11-21(2)27(20)29-25(32)18-31(17-16-24-14-6-5-7-15-24)19-26(33)30-28-22(3)12-9-13-23(28)4/h5-15H,16-19H2,1-4H3,(H,29,32)(H,30,33). The molecule has 0 atom stereocenters. The molecule has 0 saturated carbocycles. The quantitative estimate of drug-likeness (QED) is 0.487. The predicted octanol–water partition coefficient (Wildman–Crippen LogP) is 5.04. The number of nitrogens with zero attached hydrogens (tertiary/aromatic N) is 1. The summed E-state index contributed by atoms with van der Waals surface area (Å²) in [6.45, 7) is 8.80. The molecule has 0 aromatic heterocycles. The SMILES string of the molecule is Cc1cccc(C)c1NC(=O)CN(CCc1ccccc1)CC(=O)Nc1c(C)cccc1C. The number of nitrogens with one attached hydrogen (secondary N) is 2. The summed E-state index contributed by atoms with van der Waals surface area (Å²) in [5.41, 5.74) is 6.93. The van der Waals surface area contributed by atoms with Gasteiger partial charge in [-0.15, -0.1) is 0 Å². The third-order valence-corrected chi connectivity index (χ3v) is 5.79.